The van der Waals surface area contributed by atoms with Gasteiger partial charge >= 0.3 is 0 Å². The minimum Gasteiger partial charge on any atom is -0.493 e. The first-order valence-corrected chi connectivity index (χ1v) is 7.22. The van der Waals surface area contributed by atoms with Crippen molar-refractivity contribution in [3.05, 3.63) is 29.3 Å². The molecule has 112 valence electrons. The van der Waals surface area contributed by atoms with Gasteiger partial charge in [-0.1, -0.05) is 45.9 Å². The Bertz CT molecular complexity index is 416. The summed E-state index contributed by atoms with van der Waals surface area (Å²) < 4.78 is 5.96. The maximum Gasteiger partial charge on any atom is 0.234 e. The number of para-hydroxylation sites is 1. The Morgan fingerprint density at radius 1 is 1.20 bits per heavy atom. The van der Waals surface area contributed by atoms with Crippen LogP contribution >= 0.6 is 0 Å². The van der Waals surface area contributed by atoms with E-state index < -0.39 is 0 Å². The normalized spacial score (nSPS) is 10.9. The zero-order valence-electron chi connectivity index (χ0n) is 12.9. The topological polar surface area (TPSA) is 64.3 Å². The number of hydrogen-bond acceptors (Lipinski definition) is 3. The Morgan fingerprint density at radius 3 is 2.20 bits per heavy atom. The summed E-state index contributed by atoms with van der Waals surface area (Å²) in [6.07, 6.45) is 1.05. The predicted octanol–water partition coefficient (Wildman–Crippen LogP) is 3.08. The lowest BCUT2D eigenvalue weighted by Gasteiger charge is -2.19. The summed E-state index contributed by atoms with van der Waals surface area (Å²) in [7, 11) is 0. The fraction of sp³-hybridized carbons (Fsp3) is 0.562. The van der Waals surface area contributed by atoms with Crippen LogP contribution in [0.5, 0.6) is 5.75 Å². The van der Waals surface area contributed by atoms with Crippen LogP contribution in [-0.4, -0.2) is 12.5 Å². The van der Waals surface area contributed by atoms with Gasteiger partial charge in [-0.15, -0.1) is 0 Å². The van der Waals surface area contributed by atoms with Gasteiger partial charge in [0.1, 0.15) is 5.75 Å². The number of carbonyl (C=O) groups is 1. The van der Waals surface area contributed by atoms with E-state index in [9.17, 15) is 4.79 Å². The van der Waals surface area contributed by atoms with Crippen LogP contribution in [0.25, 0.3) is 0 Å². The smallest absolute Gasteiger partial charge is 0.234 e. The molecule has 4 heteroatoms. The number of carbonyl (C=O) groups excluding carboxylic acids is 1. The molecule has 0 heterocycles. The molecule has 0 aliphatic carbocycles. The molecular formula is C16H26N2O2. The molecule has 0 bridgehead atoms. The number of rotatable bonds is 7. The first kappa shape index (κ1) is 16.5. The van der Waals surface area contributed by atoms with Crippen molar-refractivity contribution in [3.8, 4) is 5.75 Å². The standard InChI is InChI=1S/C16H26N2O2/c1-11(2)13-7-5-8-14(12(3)4)16(13)20-10-6-9-15(19)18-17/h5,7-8,11-12H,6,9-10,17H2,1-4H3,(H,18,19). The van der Waals surface area contributed by atoms with Gasteiger partial charge in [0.25, 0.3) is 0 Å². The lowest BCUT2D eigenvalue weighted by atomic mass is 9.94. The van der Waals surface area contributed by atoms with Crippen molar-refractivity contribution in [1.29, 1.82) is 0 Å². The Morgan fingerprint density at radius 2 is 1.75 bits per heavy atom. The van der Waals surface area contributed by atoms with E-state index in [1.165, 1.54) is 11.1 Å². The van der Waals surface area contributed by atoms with E-state index in [1.54, 1.807) is 0 Å². The van der Waals surface area contributed by atoms with E-state index in [0.717, 1.165) is 5.75 Å². The van der Waals surface area contributed by atoms with Gasteiger partial charge < -0.3 is 4.74 Å². The third-order valence-electron chi connectivity index (χ3n) is 3.28. The minimum atomic E-state index is -0.158. The fourth-order valence-corrected chi connectivity index (χ4v) is 2.13. The number of hydrogen-bond donors (Lipinski definition) is 2. The van der Waals surface area contributed by atoms with Crippen LogP contribution in [-0.2, 0) is 4.79 Å². The molecule has 0 fully saturated rings. The second kappa shape index (κ2) is 7.90. The maximum atomic E-state index is 11.1. The molecular weight excluding hydrogens is 252 g/mol. The Balaban J connectivity index is 2.78. The Labute approximate surface area is 121 Å². The molecule has 0 aliphatic heterocycles. The SMILES string of the molecule is CC(C)c1cccc(C(C)C)c1OCCCC(=O)NN. The van der Waals surface area contributed by atoms with Crippen molar-refractivity contribution in [3.63, 3.8) is 0 Å². The summed E-state index contributed by atoms with van der Waals surface area (Å²) in [4.78, 5) is 11.1. The average Bonchev–Trinajstić information content (AvgIpc) is 2.42. The number of nitrogens with one attached hydrogen (secondary N) is 1. The van der Waals surface area contributed by atoms with Crippen molar-refractivity contribution in [1.82, 2.24) is 5.43 Å². The number of amides is 1. The average molecular weight is 278 g/mol. The molecule has 0 aliphatic rings. The van der Waals surface area contributed by atoms with Crippen molar-refractivity contribution in [2.45, 2.75) is 52.4 Å². The number of benzene rings is 1. The molecule has 1 rings (SSSR count). The summed E-state index contributed by atoms with van der Waals surface area (Å²) in [5, 5.41) is 0. The van der Waals surface area contributed by atoms with Crippen molar-refractivity contribution in [2.75, 3.05) is 6.61 Å². The van der Waals surface area contributed by atoms with Crippen LogP contribution in [0.1, 0.15) is 63.5 Å². The third-order valence-corrected chi connectivity index (χ3v) is 3.28. The summed E-state index contributed by atoms with van der Waals surface area (Å²) in [6.45, 7) is 9.17. The second-order valence-corrected chi connectivity index (χ2v) is 5.59. The molecule has 20 heavy (non-hydrogen) atoms. The Hall–Kier alpha value is -1.55. The van der Waals surface area contributed by atoms with Crippen LogP contribution in [0.3, 0.4) is 0 Å². The number of nitrogens with two attached hydrogens (primary N) is 1. The first-order valence-electron chi connectivity index (χ1n) is 7.22. The van der Waals surface area contributed by atoms with E-state index in [2.05, 4.69) is 51.3 Å². The third kappa shape index (κ3) is 4.53. The van der Waals surface area contributed by atoms with Crippen molar-refractivity contribution < 1.29 is 9.53 Å². The molecule has 4 nitrogen and oxygen atoms in total. The highest BCUT2D eigenvalue weighted by atomic mass is 16.5. The van der Waals surface area contributed by atoms with Gasteiger partial charge in [0, 0.05) is 6.42 Å². The molecule has 0 atom stereocenters. The van der Waals surface area contributed by atoms with Gasteiger partial charge in [-0.3, -0.25) is 10.2 Å². The highest BCUT2D eigenvalue weighted by molar-refractivity contribution is 5.75. The highest BCUT2D eigenvalue weighted by Gasteiger charge is 2.14. The molecule has 1 amide bonds. The van der Waals surface area contributed by atoms with Crippen molar-refractivity contribution in [2.24, 2.45) is 5.84 Å². The summed E-state index contributed by atoms with van der Waals surface area (Å²) >= 11 is 0. The van der Waals surface area contributed by atoms with Gasteiger partial charge in [-0.05, 0) is 29.4 Å². The van der Waals surface area contributed by atoms with E-state index in [0.29, 0.717) is 31.3 Å². The molecule has 0 radical (unpaired) electrons. The first-order chi connectivity index (χ1) is 9.47. The minimum absolute atomic E-state index is 0.158. The summed E-state index contributed by atoms with van der Waals surface area (Å²) in [5.74, 6) is 6.70. The molecule has 0 saturated carbocycles. The zero-order chi connectivity index (χ0) is 15.1. The second-order valence-electron chi connectivity index (χ2n) is 5.59. The van der Waals surface area contributed by atoms with Gasteiger partial charge in [0.05, 0.1) is 6.61 Å². The summed E-state index contributed by atoms with van der Waals surface area (Å²) in [5.41, 5.74) is 4.57. The van der Waals surface area contributed by atoms with Gasteiger partial charge in [0.15, 0.2) is 0 Å². The molecule has 1 aromatic carbocycles. The van der Waals surface area contributed by atoms with Crippen molar-refractivity contribution >= 4 is 5.91 Å². The summed E-state index contributed by atoms with van der Waals surface area (Å²) in [6, 6.07) is 6.30. The highest BCUT2D eigenvalue weighted by Crippen LogP contribution is 2.34. The van der Waals surface area contributed by atoms with Gasteiger partial charge in [0.2, 0.25) is 5.91 Å². The maximum absolute atomic E-state index is 11.1. The van der Waals surface area contributed by atoms with Crippen LogP contribution in [0.2, 0.25) is 0 Å². The van der Waals surface area contributed by atoms with Gasteiger partial charge in [-0.2, -0.15) is 0 Å². The molecule has 0 spiro atoms. The predicted molar refractivity (Wildman–Crippen MR) is 81.7 cm³/mol. The largest absolute Gasteiger partial charge is 0.493 e. The molecule has 3 N–H and O–H groups in total. The monoisotopic (exact) mass is 278 g/mol. The number of hydrazine groups is 1. The molecule has 0 saturated heterocycles. The molecule has 1 aromatic rings. The van der Waals surface area contributed by atoms with E-state index in [4.69, 9.17) is 10.6 Å². The lowest BCUT2D eigenvalue weighted by molar-refractivity contribution is -0.121. The Kier molecular flexibility index (Phi) is 6.52. The number of ether oxygens (including phenoxy) is 1. The zero-order valence-corrected chi connectivity index (χ0v) is 12.9. The van der Waals surface area contributed by atoms with E-state index in [1.807, 2.05) is 0 Å². The molecule has 0 unspecified atom stereocenters. The molecule has 0 aromatic heterocycles. The van der Waals surface area contributed by atoms with E-state index in [-0.39, 0.29) is 5.91 Å². The van der Waals surface area contributed by atoms with Gasteiger partial charge in [-0.25, -0.2) is 5.84 Å². The van der Waals surface area contributed by atoms with Crippen LogP contribution < -0.4 is 16.0 Å². The van der Waals surface area contributed by atoms with Crippen LogP contribution in [0.15, 0.2) is 18.2 Å². The van der Waals surface area contributed by atoms with E-state index >= 15 is 0 Å². The lowest BCUT2D eigenvalue weighted by Crippen LogP contribution is -2.30. The van der Waals surface area contributed by atoms with Crippen LogP contribution in [0, 0.1) is 0 Å². The fourth-order valence-electron chi connectivity index (χ4n) is 2.13. The van der Waals surface area contributed by atoms with Crippen LogP contribution in [0.4, 0.5) is 0 Å². The quantitative estimate of drug-likeness (QED) is 0.349.